The van der Waals surface area contributed by atoms with Crippen LogP contribution in [0.4, 0.5) is 0 Å². The second kappa shape index (κ2) is 4.78. The topological polar surface area (TPSA) is 37.3 Å². The Labute approximate surface area is 108 Å². The molecule has 0 amide bonds. The highest BCUT2D eigenvalue weighted by Gasteiger charge is 2.10. The van der Waals surface area contributed by atoms with Gasteiger partial charge in [-0.25, -0.2) is 4.79 Å². The van der Waals surface area contributed by atoms with Gasteiger partial charge in [-0.3, -0.25) is 0 Å². The Morgan fingerprint density at radius 2 is 1.71 bits per heavy atom. The Bertz CT molecular complexity index is 579. The fraction of sp³-hybridized carbons (Fsp3) is 0. The molecule has 0 unspecified atom stereocenters. The molecule has 86 valence electrons. The first kappa shape index (κ1) is 12.0. The standard InChI is InChI=1S/C13H8Cl2O2/c14-11-4-2-1-3-9(11)8-5-6-10(13(16)17)12(15)7-8/h1-7H,(H,16,17). The van der Waals surface area contributed by atoms with Crippen LogP contribution in [0.1, 0.15) is 10.4 Å². The molecule has 0 bridgehead atoms. The zero-order valence-corrected chi connectivity index (χ0v) is 10.2. The number of benzene rings is 2. The van der Waals surface area contributed by atoms with E-state index in [-0.39, 0.29) is 10.6 Å². The van der Waals surface area contributed by atoms with Gasteiger partial charge >= 0.3 is 5.97 Å². The van der Waals surface area contributed by atoms with E-state index in [0.717, 1.165) is 11.1 Å². The number of carboxylic acid groups (broad SMARTS) is 1. The van der Waals surface area contributed by atoms with Crippen LogP contribution in [0.15, 0.2) is 42.5 Å². The summed E-state index contributed by atoms with van der Waals surface area (Å²) in [5, 5.41) is 9.68. The van der Waals surface area contributed by atoms with Crippen LogP contribution in [0.3, 0.4) is 0 Å². The Hall–Kier alpha value is -1.51. The molecule has 1 N–H and O–H groups in total. The molecule has 0 aromatic heterocycles. The third-order valence-electron chi connectivity index (χ3n) is 2.38. The number of carboxylic acids is 1. The predicted molar refractivity (Wildman–Crippen MR) is 68.9 cm³/mol. The van der Waals surface area contributed by atoms with Crippen molar-refractivity contribution in [3.63, 3.8) is 0 Å². The van der Waals surface area contributed by atoms with E-state index in [9.17, 15) is 4.79 Å². The average Bonchev–Trinajstić information content (AvgIpc) is 2.29. The van der Waals surface area contributed by atoms with Crippen molar-refractivity contribution in [2.75, 3.05) is 0 Å². The van der Waals surface area contributed by atoms with Crippen LogP contribution in [-0.2, 0) is 0 Å². The summed E-state index contributed by atoms with van der Waals surface area (Å²) in [5.41, 5.74) is 1.71. The zero-order valence-electron chi connectivity index (χ0n) is 8.65. The van der Waals surface area contributed by atoms with Crippen LogP contribution in [0.2, 0.25) is 10.0 Å². The van der Waals surface area contributed by atoms with Crippen LogP contribution in [0.5, 0.6) is 0 Å². The fourth-order valence-corrected chi connectivity index (χ4v) is 2.06. The van der Waals surface area contributed by atoms with Crippen molar-refractivity contribution in [3.05, 3.63) is 58.1 Å². The normalized spacial score (nSPS) is 10.2. The summed E-state index contributed by atoms with van der Waals surface area (Å²) >= 11 is 12.0. The van der Waals surface area contributed by atoms with E-state index in [4.69, 9.17) is 28.3 Å². The largest absolute Gasteiger partial charge is 0.478 e. The molecule has 2 aromatic rings. The quantitative estimate of drug-likeness (QED) is 0.877. The van der Waals surface area contributed by atoms with Crippen molar-refractivity contribution < 1.29 is 9.90 Å². The molecular formula is C13H8Cl2O2. The maximum Gasteiger partial charge on any atom is 0.337 e. The predicted octanol–water partition coefficient (Wildman–Crippen LogP) is 4.36. The molecule has 0 saturated heterocycles. The number of hydrogen-bond acceptors (Lipinski definition) is 1. The van der Waals surface area contributed by atoms with Crippen molar-refractivity contribution >= 4 is 29.2 Å². The Kier molecular flexibility index (Phi) is 3.36. The van der Waals surface area contributed by atoms with E-state index >= 15 is 0 Å². The Morgan fingerprint density at radius 3 is 2.29 bits per heavy atom. The third kappa shape index (κ3) is 2.43. The van der Waals surface area contributed by atoms with E-state index in [1.165, 1.54) is 6.07 Å². The molecule has 0 saturated carbocycles. The minimum atomic E-state index is -1.04. The maximum atomic E-state index is 10.8. The van der Waals surface area contributed by atoms with Gasteiger partial charge in [0.2, 0.25) is 0 Å². The summed E-state index contributed by atoms with van der Waals surface area (Å²) in [6.45, 7) is 0. The highest BCUT2D eigenvalue weighted by atomic mass is 35.5. The van der Waals surface area contributed by atoms with Gasteiger partial charge in [0.1, 0.15) is 0 Å². The van der Waals surface area contributed by atoms with Crippen LogP contribution >= 0.6 is 23.2 Å². The SMILES string of the molecule is O=C(O)c1ccc(-c2ccccc2Cl)cc1Cl. The molecule has 0 aliphatic rings. The van der Waals surface area contributed by atoms with Crippen LogP contribution < -0.4 is 0 Å². The zero-order chi connectivity index (χ0) is 12.4. The number of hydrogen-bond donors (Lipinski definition) is 1. The first-order valence-corrected chi connectivity index (χ1v) is 5.63. The second-order valence-electron chi connectivity index (χ2n) is 3.48. The van der Waals surface area contributed by atoms with E-state index in [1.54, 1.807) is 18.2 Å². The maximum absolute atomic E-state index is 10.8. The molecule has 0 atom stereocenters. The van der Waals surface area contributed by atoms with Crippen molar-refractivity contribution in [1.82, 2.24) is 0 Å². The van der Waals surface area contributed by atoms with E-state index < -0.39 is 5.97 Å². The lowest BCUT2D eigenvalue weighted by atomic mass is 10.0. The molecule has 0 spiro atoms. The number of halogens is 2. The van der Waals surface area contributed by atoms with E-state index in [0.29, 0.717) is 5.02 Å². The highest BCUT2D eigenvalue weighted by molar-refractivity contribution is 6.35. The van der Waals surface area contributed by atoms with Gasteiger partial charge in [-0.05, 0) is 23.8 Å². The van der Waals surface area contributed by atoms with Crippen LogP contribution in [0, 0.1) is 0 Å². The van der Waals surface area contributed by atoms with Crippen molar-refractivity contribution in [2.45, 2.75) is 0 Å². The first-order chi connectivity index (χ1) is 8.09. The Balaban J connectivity index is 2.52. The van der Waals surface area contributed by atoms with Crippen molar-refractivity contribution in [1.29, 1.82) is 0 Å². The number of rotatable bonds is 2. The van der Waals surface area contributed by atoms with Gasteiger partial charge in [-0.1, -0.05) is 47.5 Å². The molecule has 0 aliphatic heterocycles. The summed E-state index contributed by atoms with van der Waals surface area (Å²) in [6.07, 6.45) is 0. The number of aromatic carboxylic acids is 1. The number of carbonyl (C=O) groups is 1. The van der Waals surface area contributed by atoms with E-state index in [2.05, 4.69) is 0 Å². The monoisotopic (exact) mass is 266 g/mol. The molecule has 0 radical (unpaired) electrons. The van der Waals surface area contributed by atoms with Gasteiger partial charge in [0.05, 0.1) is 10.6 Å². The molecule has 0 aliphatic carbocycles. The lowest BCUT2D eigenvalue weighted by Gasteiger charge is -2.06. The molecule has 17 heavy (non-hydrogen) atoms. The lowest BCUT2D eigenvalue weighted by molar-refractivity contribution is 0.0697. The molecule has 0 fully saturated rings. The fourth-order valence-electron chi connectivity index (χ4n) is 1.55. The van der Waals surface area contributed by atoms with Gasteiger partial charge in [0.15, 0.2) is 0 Å². The summed E-state index contributed by atoms with van der Waals surface area (Å²) in [7, 11) is 0. The van der Waals surface area contributed by atoms with Crippen molar-refractivity contribution in [2.24, 2.45) is 0 Å². The molecular weight excluding hydrogens is 259 g/mol. The summed E-state index contributed by atoms with van der Waals surface area (Å²) in [5.74, 6) is -1.04. The molecule has 2 aromatic carbocycles. The van der Waals surface area contributed by atoms with Crippen LogP contribution in [-0.4, -0.2) is 11.1 Å². The summed E-state index contributed by atoms with van der Waals surface area (Å²) in [6, 6.07) is 12.1. The molecule has 0 heterocycles. The van der Waals surface area contributed by atoms with Gasteiger partial charge in [-0.2, -0.15) is 0 Å². The highest BCUT2D eigenvalue weighted by Crippen LogP contribution is 2.30. The van der Waals surface area contributed by atoms with Crippen molar-refractivity contribution in [3.8, 4) is 11.1 Å². The van der Waals surface area contributed by atoms with Crippen LogP contribution in [0.25, 0.3) is 11.1 Å². The lowest BCUT2D eigenvalue weighted by Crippen LogP contribution is -1.97. The summed E-state index contributed by atoms with van der Waals surface area (Å²) in [4.78, 5) is 10.8. The smallest absolute Gasteiger partial charge is 0.337 e. The molecule has 2 nitrogen and oxygen atoms in total. The van der Waals surface area contributed by atoms with Gasteiger partial charge in [-0.15, -0.1) is 0 Å². The van der Waals surface area contributed by atoms with Gasteiger partial charge in [0, 0.05) is 10.6 Å². The molecule has 2 rings (SSSR count). The third-order valence-corrected chi connectivity index (χ3v) is 3.03. The average molecular weight is 267 g/mol. The minimum Gasteiger partial charge on any atom is -0.478 e. The van der Waals surface area contributed by atoms with E-state index in [1.807, 2.05) is 18.2 Å². The minimum absolute atomic E-state index is 0.0856. The molecule has 4 heteroatoms. The van der Waals surface area contributed by atoms with Gasteiger partial charge in [0.25, 0.3) is 0 Å². The second-order valence-corrected chi connectivity index (χ2v) is 4.29. The Morgan fingerprint density at radius 1 is 1.00 bits per heavy atom. The summed E-state index contributed by atoms with van der Waals surface area (Å²) < 4.78 is 0. The first-order valence-electron chi connectivity index (χ1n) is 4.87. The van der Waals surface area contributed by atoms with Gasteiger partial charge < -0.3 is 5.11 Å².